The van der Waals surface area contributed by atoms with Crippen LogP contribution >= 0.6 is 0 Å². The summed E-state index contributed by atoms with van der Waals surface area (Å²) in [7, 11) is 0. The summed E-state index contributed by atoms with van der Waals surface area (Å²) in [6, 6.07) is 19.3. The number of hydrogen-bond acceptors (Lipinski definition) is 3. The first-order valence-corrected chi connectivity index (χ1v) is 8.74. The molecule has 3 heteroatoms. The lowest BCUT2D eigenvalue weighted by molar-refractivity contribution is 0.103. The van der Waals surface area contributed by atoms with Crippen LogP contribution in [0.15, 0.2) is 54.6 Å². The van der Waals surface area contributed by atoms with Gasteiger partial charge in [-0.05, 0) is 51.9 Å². The van der Waals surface area contributed by atoms with Crippen LogP contribution in [0.25, 0.3) is 21.9 Å². The minimum atomic E-state index is -0.693. The molecule has 4 rings (SSSR count). The van der Waals surface area contributed by atoms with Crippen molar-refractivity contribution < 1.29 is 10.2 Å². The number of benzene rings is 3. The quantitative estimate of drug-likeness (QED) is 0.525. The number of aliphatic hydroxyl groups is 2. The number of nitrogens with one attached hydrogen (secondary N) is 1. The van der Waals surface area contributed by atoms with E-state index in [2.05, 4.69) is 59.9 Å². The van der Waals surface area contributed by atoms with Crippen molar-refractivity contribution in [2.75, 3.05) is 13.2 Å². The Morgan fingerprint density at radius 2 is 1.68 bits per heavy atom. The first kappa shape index (κ1) is 16.3. The van der Waals surface area contributed by atoms with Crippen molar-refractivity contribution in [1.29, 1.82) is 0 Å². The van der Waals surface area contributed by atoms with Crippen LogP contribution in [0.3, 0.4) is 0 Å². The molecule has 0 fully saturated rings. The average molecular weight is 333 g/mol. The summed E-state index contributed by atoms with van der Waals surface area (Å²) in [5, 5.41) is 25.0. The second-order valence-corrected chi connectivity index (χ2v) is 7.17. The highest BCUT2D eigenvalue weighted by Crippen LogP contribution is 2.42. The fraction of sp³-hybridized carbons (Fsp3) is 0.273. The van der Waals surface area contributed by atoms with Crippen LogP contribution in [0.5, 0.6) is 0 Å². The second-order valence-electron chi connectivity index (χ2n) is 7.17. The Bertz CT molecular complexity index is 928. The van der Waals surface area contributed by atoms with Crippen molar-refractivity contribution in [2.45, 2.75) is 25.4 Å². The molecule has 0 heterocycles. The van der Waals surface area contributed by atoms with E-state index in [1.807, 2.05) is 6.92 Å². The van der Waals surface area contributed by atoms with Gasteiger partial charge >= 0.3 is 0 Å². The summed E-state index contributed by atoms with van der Waals surface area (Å²) in [6.07, 6.45) is 0.959. The minimum absolute atomic E-state index is 0.104. The van der Waals surface area contributed by atoms with Crippen molar-refractivity contribution in [3.05, 3.63) is 71.3 Å². The van der Waals surface area contributed by atoms with Gasteiger partial charge < -0.3 is 15.5 Å². The molecular formula is C22H23NO2. The van der Waals surface area contributed by atoms with E-state index < -0.39 is 5.54 Å². The van der Waals surface area contributed by atoms with Crippen LogP contribution in [0, 0.1) is 0 Å². The predicted octanol–water partition coefficient (Wildman–Crippen LogP) is 3.24. The smallest absolute Gasteiger partial charge is 0.0633 e. The lowest BCUT2D eigenvalue weighted by Gasteiger charge is -2.27. The summed E-state index contributed by atoms with van der Waals surface area (Å²) in [5.41, 5.74) is 5.87. The molecular weight excluding hydrogens is 310 g/mol. The Labute approximate surface area is 147 Å². The normalized spacial score (nSPS) is 13.1. The molecule has 0 saturated carbocycles. The third-order valence-corrected chi connectivity index (χ3v) is 5.30. The van der Waals surface area contributed by atoms with E-state index in [4.69, 9.17) is 0 Å². The molecule has 0 bridgehead atoms. The molecule has 0 aliphatic heterocycles. The maximum Gasteiger partial charge on any atom is 0.0633 e. The molecule has 0 atom stereocenters. The van der Waals surface area contributed by atoms with Gasteiger partial charge in [-0.3, -0.25) is 0 Å². The summed E-state index contributed by atoms with van der Waals surface area (Å²) in [4.78, 5) is 0. The van der Waals surface area contributed by atoms with Crippen LogP contribution < -0.4 is 5.32 Å². The summed E-state index contributed by atoms with van der Waals surface area (Å²) >= 11 is 0. The third kappa shape index (κ3) is 2.74. The van der Waals surface area contributed by atoms with Gasteiger partial charge in [-0.25, -0.2) is 0 Å². The van der Waals surface area contributed by atoms with Crippen molar-refractivity contribution in [2.24, 2.45) is 0 Å². The summed E-state index contributed by atoms with van der Waals surface area (Å²) in [5.74, 6) is 0. The van der Waals surface area contributed by atoms with Gasteiger partial charge in [0.15, 0.2) is 0 Å². The topological polar surface area (TPSA) is 52.5 Å². The molecule has 0 unspecified atom stereocenters. The van der Waals surface area contributed by atoms with E-state index in [-0.39, 0.29) is 13.2 Å². The van der Waals surface area contributed by atoms with Gasteiger partial charge in [0.2, 0.25) is 0 Å². The molecule has 128 valence electrons. The highest BCUT2D eigenvalue weighted by atomic mass is 16.3. The largest absolute Gasteiger partial charge is 0.394 e. The molecule has 0 aromatic heterocycles. The Kier molecular flexibility index (Phi) is 4.08. The predicted molar refractivity (Wildman–Crippen MR) is 102 cm³/mol. The maximum absolute atomic E-state index is 9.61. The standard InChI is InChI=1S/C22H23NO2/c1-22(13-24,14-25)23-12-20-18-8-4-2-6-15(18)10-17-11-16-7-3-5-9-19(16)21(17)20/h2-10,23-25H,11-14H2,1H3. The van der Waals surface area contributed by atoms with E-state index in [1.54, 1.807) is 0 Å². The molecule has 0 radical (unpaired) electrons. The molecule has 0 saturated heterocycles. The van der Waals surface area contributed by atoms with Gasteiger partial charge in [-0.15, -0.1) is 0 Å². The van der Waals surface area contributed by atoms with Gasteiger partial charge in [-0.2, -0.15) is 0 Å². The number of rotatable bonds is 5. The van der Waals surface area contributed by atoms with Crippen LogP contribution in [0.2, 0.25) is 0 Å². The van der Waals surface area contributed by atoms with E-state index in [1.165, 1.54) is 38.6 Å². The molecule has 1 aliphatic rings. The third-order valence-electron chi connectivity index (χ3n) is 5.30. The van der Waals surface area contributed by atoms with Crippen LogP contribution in [-0.4, -0.2) is 29.0 Å². The van der Waals surface area contributed by atoms with E-state index >= 15 is 0 Å². The SMILES string of the molecule is CC(CO)(CO)NCc1c2c(cc3ccccc13)Cc1ccccc1-2. The highest BCUT2D eigenvalue weighted by molar-refractivity contribution is 5.96. The molecule has 3 N–H and O–H groups in total. The average Bonchev–Trinajstić information content (AvgIpc) is 3.03. The Balaban J connectivity index is 1.88. The van der Waals surface area contributed by atoms with Gasteiger partial charge in [-0.1, -0.05) is 54.6 Å². The first-order chi connectivity index (χ1) is 12.1. The minimum Gasteiger partial charge on any atom is -0.394 e. The Hall–Kier alpha value is -2.20. The molecule has 0 spiro atoms. The molecule has 3 aromatic rings. The second kappa shape index (κ2) is 6.26. The molecule has 25 heavy (non-hydrogen) atoms. The van der Waals surface area contributed by atoms with Gasteiger partial charge in [0.25, 0.3) is 0 Å². The van der Waals surface area contributed by atoms with Crippen LogP contribution in [0.4, 0.5) is 0 Å². The Morgan fingerprint density at radius 3 is 2.48 bits per heavy atom. The zero-order valence-electron chi connectivity index (χ0n) is 14.4. The van der Waals surface area contributed by atoms with Gasteiger partial charge in [0.05, 0.1) is 18.8 Å². The molecule has 3 aromatic carbocycles. The number of fused-ring (bicyclic) bond motifs is 4. The van der Waals surface area contributed by atoms with Gasteiger partial charge in [0.1, 0.15) is 0 Å². The molecule has 3 nitrogen and oxygen atoms in total. The van der Waals surface area contributed by atoms with E-state index in [0.717, 1.165) is 6.42 Å². The fourth-order valence-corrected chi connectivity index (χ4v) is 3.73. The van der Waals surface area contributed by atoms with E-state index in [9.17, 15) is 10.2 Å². The fourth-order valence-electron chi connectivity index (χ4n) is 3.73. The number of hydrogen-bond donors (Lipinski definition) is 3. The number of aliphatic hydroxyl groups excluding tert-OH is 2. The molecule has 0 amide bonds. The molecule has 1 aliphatic carbocycles. The maximum atomic E-state index is 9.61. The Morgan fingerprint density at radius 1 is 0.960 bits per heavy atom. The van der Waals surface area contributed by atoms with E-state index in [0.29, 0.717) is 6.54 Å². The van der Waals surface area contributed by atoms with Crippen molar-refractivity contribution >= 4 is 10.8 Å². The zero-order chi connectivity index (χ0) is 17.4. The van der Waals surface area contributed by atoms with Crippen molar-refractivity contribution in [1.82, 2.24) is 5.32 Å². The first-order valence-electron chi connectivity index (χ1n) is 8.74. The van der Waals surface area contributed by atoms with Gasteiger partial charge in [0, 0.05) is 6.54 Å². The van der Waals surface area contributed by atoms with Crippen molar-refractivity contribution in [3.63, 3.8) is 0 Å². The zero-order valence-corrected chi connectivity index (χ0v) is 14.4. The van der Waals surface area contributed by atoms with Crippen LogP contribution in [0.1, 0.15) is 23.6 Å². The monoisotopic (exact) mass is 333 g/mol. The summed E-state index contributed by atoms with van der Waals surface area (Å²) < 4.78 is 0. The lowest BCUT2D eigenvalue weighted by Crippen LogP contribution is -2.48. The lowest BCUT2D eigenvalue weighted by atomic mass is 9.92. The van der Waals surface area contributed by atoms with Crippen LogP contribution in [-0.2, 0) is 13.0 Å². The summed E-state index contributed by atoms with van der Waals surface area (Å²) in [6.45, 7) is 2.24. The van der Waals surface area contributed by atoms with Crippen molar-refractivity contribution in [3.8, 4) is 11.1 Å². The highest BCUT2D eigenvalue weighted by Gasteiger charge is 2.26.